The highest BCUT2D eigenvalue weighted by Gasteiger charge is 2.28. The minimum atomic E-state index is -1.23. The molecule has 1 aromatic carbocycles. The molecule has 0 aliphatic carbocycles. The molecule has 23 heavy (non-hydrogen) atoms. The highest BCUT2D eigenvalue weighted by molar-refractivity contribution is 5.80. The molecule has 3 N–H and O–H groups in total. The molecule has 0 saturated heterocycles. The number of rotatable bonds is 6. The quantitative estimate of drug-likeness (QED) is 0.764. The van der Waals surface area contributed by atoms with Gasteiger partial charge in [-0.2, -0.15) is 0 Å². The minimum Gasteiger partial charge on any atom is -0.466 e. The van der Waals surface area contributed by atoms with Crippen LogP contribution in [0.2, 0.25) is 0 Å². The molecular weight excluding hydrogens is 299 g/mol. The molecule has 1 atom stereocenters. The van der Waals surface area contributed by atoms with Crippen molar-refractivity contribution in [3.63, 3.8) is 0 Å². The Labute approximate surface area is 134 Å². The Hall–Kier alpha value is -2.34. The number of amides is 1. The molecule has 0 spiro atoms. The SMILES string of the molecule is Cc1cc([C@@](C)(O)CNC(=O)CNc2cccc(F)c2)c(C)o1. The van der Waals surface area contributed by atoms with E-state index in [1.165, 1.54) is 12.1 Å². The van der Waals surface area contributed by atoms with Crippen LogP contribution >= 0.6 is 0 Å². The number of carbonyl (C=O) groups is 1. The molecule has 0 saturated carbocycles. The van der Waals surface area contributed by atoms with E-state index in [-0.39, 0.29) is 24.8 Å². The van der Waals surface area contributed by atoms with Gasteiger partial charge < -0.3 is 20.2 Å². The number of benzene rings is 1. The zero-order valence-corrected chi connectivity index (χ0v) is 13.4. The van der Waals surface area contributed by atoms with E-state index in [2.05, 4.69) is 10.6 Å². The number of aryl methyl sites for hydroxylation is 2. The van der Waals surface area contributed by atoms with Crippen LogP contribution in [0.25, 0.3) is 0 Å². The summed E-state index contributed by atoms with van der Waals surface area (Å²) in [5.41, 5.74) is -0.0577. The van der Waals surface area contributed by atoms with Crippen LogP contribution < -0.4 is 10.6 Å². The van der Waals surface area contributed by atoms with E-state index in [0.29, 0.717) is 22.8 Å². The predicted molar refractivity (Wildman–Crippen MR) is 85.7 cm³/mol. The average molecular weight is 320 g/mol. The van der Waals surface area contributed by atoms with Gasteiger partial charge in [-0.3, -0.25) is 4.79 Å². The monoisotopic (exact) mass is 320 g/mol. The largest absolute Gasteiger partial charge is 0.466 e. The van der Waals surface area contributed by atoms with Crippen LogP contribution in [0, 0.1) is 19.7 Å². The Bertz CT molecular complexity index is 695. The lowest BCUT2D eigenvalue weighted by atomic mass is 9.96. The zero-order valence-electron chi connectivity index (χ0n) is 13.4. The second-order valence-electron chi connectivity index (χ2n) is 5.74. The Morgan fingerprint density at radius 1 is 1.35 bits per heavy atom. The summed E-state index contributed by atoms with van der Waals surface area (Å²) < 4.78 is 18.4. The van der Waals surface area contributed by atoms with Crippen LogP contribution in [0.4, 0.5) is 10.1 Å². The van der Waals surface area contributed by atoms with Gasteiger partial charge in [0.1, 0.15) is 22.9 Å². The molecule has 1 heterocycles. The Morgan fingerprint density at radius 2 is 2.09 bits per heavy atom. The smallest absolute Gasteiger partial charge is 0.239 e. The first kappa shape index (κ1) is 17.0. The number of carbonyl (C=O) groups excluding carboxylic acids is 1. The molecule has 5 nitrogen and oxygen atoms in total. The molecule has 0 radical (unpaired) electrons. The Morgan fingerprint density at radius 3 is 2.70 bits per heavy atom. The minimum absolute atomic E-state index is 0.0110. The normalized spacial score (nSPS) is 13.4. The van der Waals surface area contributed by atoms with Crippen molar-refractivity contribution in [2.24, 2.45) is 0 Å². The summed E-state index contributed by atoms with van der Waals surface area (Å²) in [6, 6.07) is 7.62. The van der Waals surface area contributed by atoms with Gasteiger partial charge in [-0.25, -0.2) is 4.39 Å². The molecule has 6 heteroatoms. The lowest BCUT2D eigenvalue weighted by Gasteiger charge is -2.23. The van der Waals surface area contributed by atoms with E-state index in [1.54, 1.807) is 39.0 Å². The van der Waals surface area contributed by atoms with Crippen LogP contribution in [0.3, 0.4) is 0 Å². The molecule has 0 aliphatic rings. The van der Waals surface area contributed by atoms with Crippen LogP contribution in [0.1, 0.15) is 24.0 Å². The summed E-state index contributed by atoms with van der Waals surface area (Å²) in [4.78, 5) is 11.9. The van der Waals surface area contributed by atoms with Gasteiger partial charge in [0.15, 0.2) is 0 Å². The summed E-state index contributed by atoms with van der Waals surface area (Å²) in [5, 5.41) is 16.0. The highest BCUT2D eigenvalue weighted by atomic mass is 19.1. The van der Waals surface area contributed by atoms with Crippen molar-refractivity contribution in [2.45, 2.75) is 26.4 Å². The van der Waals surface area contributed by atoms with E-state index in [9.17, 15) is 14.3 Å². The summed E-state index contributed by atoms with van der Waals surface area (Å²) in [7, 11) is 0. The summed E-state index contributed by atoms with van der Waals surface area (Å²) in [5.74, 6) is 0.660. The van der Waals surface area contributed by atoms with Gasteiger partial charge in [-0.1, -0.05) is 6.07 Å². The topological polar surface area (TPSA) is 74.5 Å². The van der Waals surface area contributed by atoms with Gasteiger partial charge in [0.25, 0.3) is 0 Å². The van der Waals surface area contributed by atoms with Crippen LogP contribution in [0.15, 0.2) is 34.7 Å². The van der Waals surface area contributed by atoms with Gasteiger partial charge in [0.05, 0.1) is 13.1 Å². The zero-order chi connectivity index (χ0) is 17.0. The first-order valence-corrected chi connectivity index (χ1v) is 7.34. The van der Waals surface area contributed by atoms with Crippen molar-refractivity contribution in [2.75, 3.05) is 18.4 Å². The van der Waals surface area contributed by atoms with Crippen molar-refractivity contribution < 1.29 is 18.7 Å². The average Bonchev–Trinajstić information content (AvgIpc) is 2.83. The maximum atomic E-state index is 13.0. The van der Waals surface area contributed by atoms with E-state index >= 15 is 0 Å². The fraction of sp³-hybridized carbons (Fsp3) is 0.353. The van der Waals surface area contributed by atoms with Crippen LogP contribution in [-0.2, 0) is 10.4 Å². The third-order valence-electron chi connectivity index (χ3n) is 3.53. The van der Waals surface area contributed by atoms with Crippen molar-refractivity contribution in [3.8, 4) is 0 Å². The number of hydrogen-bond donors (Lipinski definition) is 3. The second kappa shape index (κ2) is 6.83. The molecule has 0 bridgehead atoms. The van der Waals surface area contributed by atoms with Gasteiger partial charge in [0.2, 0.25) is 5.91 Å². The first-order valence-electron chi connectivity index (χ1n) is 7.34. The fourth-order valence-corrected chi connectivity index (χ4v) is 2.37. The molecule has 1 amide bonds. The lowest BCUT2D eigenvalue weighted by Crippen LogP contribution is -2.41. The first-order chi connectivity index (χ1) is 10.8. The number of anilines is 1. The maximum Gasteiger partial charge on any atom is 0.239 e. The summed E-state index contributed by atoms with van der Waals surface area (Å²) >= 11 is 0. The molecule has 0 unspecified atom stereocenters. The molecular formula is C17H21FN2O3. The molecule has 2 rings (SSSR count). The lowest BCUT2D eigenvalue weighted by molar-refractivity contribution is -0.120. The van der Waals surface area contributed by atoms with Gasteiger partial charge in [0, 0.05) is 11.3 Å². The Kier molecular flexibility index (Phi) is 5.05. The molecule has 1 aromatic heterocycles. The highest BCUT2D eigenvalue weighted by Crippen LogP contribution is 2.26. The van der Waals surface area contributed by atoms with Crippen molar-refractivity contribution in [1.29, 1.82) is 0 Å². The number of hydrogen-bond acceptors (Lipinski definition) is 4. The number of furan rings is 1. The number of nitrogens with one attached hydrogen (secondary N) is 2. The van der Waals surface area contributed by atoms with Crippen LogP contribution in [0.5, 0.6) is 0 Å². The number of halogens is 1. The summed E-state index contributed by atoms with van der Waals surface area (Å²) in [6.07, 6.45) is 0. The predicted octanol–water partition coefficient (Wildman–Crippen LogP) is 2.47. The molecule has 0 fully saturated rings. The standard InChI is InChI=1S/C17H21FN2O3/c1-11-7-15(12(2)23-11)17(3,22)10-20-16(21)9-19-14-6-4-5-13(18)8-14/h4-8,19,22H,9-10H2,1-3H3,(H,20,21)/t17-/m0/s1. The molecule has 124 valence electrons. The van der Waals surface area contributed by atoms with E-state index in [4.69, 9.17) is 4.42 Å². The van der Waals surface area contributed by atoms with Crippen LogP contribution in [-0.4, -0.2) is 24.1 Å². The third kappa shape index (κ3) is 4.56. The van der Waals surface area contributed by atoms with E-state index < -0.39 is 5.60 Å². The fourth-order valence-electron chi connectivity index (χ4n) is 2.37. The molecule has 0 aliphatic heterocycles. The van der Waals surface area contributed by atoms with E-state index in [1.807, 2.05) is 0 Å². The number of aliphatic hydroxyl groups is 1. The Balaban J connectivity index is 1.87. The van der Waals surface area contributed by atoms with Crippen molar-refractivity contribution in [1.82, 2.24) is 5.32 Å². The van der Waals surface area contributed by atoms with Crippen molar-refractivity contribution in [3.05, 3.63) is 53.2 Å². The second-order valence-corrected chi connectivity index (χ2v) is 5.74. The molecule has 2 aromatic rings. The third-order valence-corrected chi connectivity index (χ3v) is 3.53. The van der Waals surface area contributed by atoms with Gasteiger partial charge in [-0.05, 0) is 45.0 Å². The van der Waals surface area contributed by atoms with Gasteiger partial charge in [-0.15, -0.1) is 0 Å². The van der Waals surface area contributed by atoms with E-state index in [0.717, 1.165) is 0 Å². The van der Waals surface area contributed by atoms with Crippen molar-refractivity contribution >= 4 is 11.6 Å². The maximum absolute atomic E-state index is 13.0. The van der Waals surface area contributed by atoms with Gasteiger partial charge >= 0.3 is 0 Å². The summed E-state index contributed by atoms with van der Waals surface area (Å²) in [6.45, 7) is 5.22.